The number of benzene rings is 1. The largest absolute Gasteiger partial charge is 0.476 e. The number of aromatic nitrogens is 3. The number of aryl methyl sites for hydroxylation is 2. The number of carbonyl (C=O) groups excluding carboxylic acids is 1. The first-order valence-electron chi connectivity index (χ1n) is 6.85. The van der Waals surface area contributed by atoms with Gasteiger partial charge in [0.1, 0.15) is 4.70 Å². The van der Waals surface area contributed by atoms with E-state index in [-0.39, 0.29) is 11.6 Å². The third-order valence-electron chi connectivity index (χ3n) is 3.45. The van der Waals surface area contributed by atoms with Crippen molar-refractivity contribution in [1.82, 2.24) is 14.8 Å². The maximum absolute atomic E-state index is 11.4. The molecular weight excluding hydrogens is 316 g/mol. The van der Waals surface area contributed by atoms with E-state index in [1.807, 2.05) is 32.0 Å². The van der Waals surface area contributed by atoms with Gasteiger partial charge in [-0.3, -0.25) is 4.79 Å². The van der Waals surface area contributed by atoms with Crippen LogP contribution >= 0.6 is 11.3 Å². The number of carboxylic acids is 1. The van der Waals surface area contributed by atoms with Crippen molar-refractivity contribution in [3.8, 4) is 5.69 Å². The second-order valence-corrected chi connectivity index (χ2v) is 6.19. The number of hydrogen-bond donors (Lipinski definition) is 2. The molecule has 1 aromatic carbocycles. The summed E-state index contributed by atoms with van der Waals surface area (Å²) >= 11 is 1.10. The van der Waals surface area contributed by atoms with Crippen LogP contribution in [0, 0.1) is 13.8 Å². The van der Waals surface area contributed by atoms with Crippen LogP contribution in [0.1, 0.15) is 28.5 Å². The molecule has 0 fully saturated rings. The summed E-state index contributed by atoms with van der Waals surface area (Å²) in [6.45, 7) is 5.35. The van der Waals surface area contributed by atoms with Crippen molar-refractivity contribution in [1.29, 1.82) is 0 Å². The highest BCUT2D eigenvalue weighted by molar-refractivity contribution is 7.22. The summed E-state index contributed by atoms with van der Waals surface area (Å²) < 4.78 is 1.92. The Morgan fingerprint density at radius 3 is 2.61 bits per heavy atom. The Morgan fingerprint density at radius 2 is 2.00 bits per heavy atom. The Labute approximate surface area is 135 Å². The zero-order chi connectivity index (χ0) is 16.7. The van der Waals surface area contributed by atoms with Crippen molar-refractivity contribution in [2.24, 2.45) is 0 Å². The topological polar surface area (TPSA) is 97.1 Å². The third kappa shape index (κ3) is 2.68. The van der Waals surface area contributed by atoms with Crippen molar-refractivity contribution in [3.63, 3.8) is 0 Å². The molecule has 2 N–H and O–H groups in total. The van der Waals surface area contributed by atoms with Gasteiger partial charge in [-0.2, -0.15) is 10.1 Å². The number of hydrogen-bond acceptors (Lipinski definition) is 5. The molecule has 0 aliphatic rings. The summed E-state index contributed by atoms with van der Waals surface area (Å²) in [6, 6.07) is 5.72. The minimum Gasteiger partial charge on any atom is -0.476 e. The Balaban J connectivity index is 2.22. The van der Waals surface area contributed by atoms with E-state index in [9.17, 15) is 14.7 Å². The van der Waals surface area contributed by atoms with E-state index in [0.717, 1.165) is 28.2 Å². The van der Waals surface area contributed by atoms with Crippen LogP contribution < -0.4 is 5.32 Å². The Bertz CT molecular complexity index is 942. The lowest BCUT2D eigenvalue weighted by Crippen LogP contribution is -2.06. The molecule has 0 saturated heterocycles. The second-order valence-electron chi connectivity index (χ2n) is 5.19. The van der Waals surface area contributed by atoms with Gasteiger partial charge < -0.3 is 10.4 Å². The molecule has 0 spiro atoms. The molecule has 8 heteroatoms. The Morgan fingerprint density at radius 1 is 1.26 bits per heavy atom. The molecule has 2 aromatic heterocycles. The number of nitrogens with zero attached hydrogens (tertiary/aromatic N) is 3. The molecule has 3 aromatic rings. The molecule has 7 nitrogen and oxygen atoms in total. The van der Waals surface area contributed by atoms with Gasteiger partial charge in [0.2, 0.25) is 5.91 Å². The SMILES string of the molecule is CC(=O)Nc1nc2c(s1)c(C(=O)O)nn2-c1ccc(C)c(C)c1. The van der Waals surface area contributed by atoms with Crippen LogP contribution in [0.25, 0.3) is 16.0 Å². The average molecular weight is 330 g/mol. The number of anilines is 1. The molecular formula is C15H14N4O3S. The number of carbonyl (C=O) groups is 2. The molecule has 3 rings (SSSR count). The normalized spacial score (nSPS) is 10.9. The number of amides is 1. The van der Waals surface area contributed by atoms with Gasteiger partial charge in [0.15, 0.2) is 16.5 Å². The number of nitrogens with one attached hydrogen (secondary N) is 1. The van der Waals surface area contributed by atoms with Crippen molar-refractivity contribution in [3.05, 3.63) is 35.0 Å². The fraction of sp³-hybridized carbons (Fsp3) is 0.200. The maximum Gasteiger partial charge on any atom is 0.358 e. The minimum atomic E-state index is -1.13. The number of thiazole rings is 1. The standard InChI is InChI=1S/C15H14N4O3S/c1-7-4-5-10(6-8(7)2)19-13-12(11(18-19)14(21)22)23-15(17-13)16-9(3)20/h4-6H,1-3H3,(H,21,22)(H,16,17,20). The van der Waals surface area contributed by atoms with E-state index < -0.39 is 5.97 Å². The molecule has 0 radical (unpaired) electrons. The lowest BCUT2D eigenvalue weighted by atomic mass is 10.1. The molecule has 0 bridgehead atoms. The van der Waals surface area contributed by atoms with Crippen molar-refractivity contribution in [2.45, 2.75) is 20.8 Å². The van der Waals surface area contributed by atoms with E-state index in [4.69, 9.17) is 0 Å². The molecule has 0 atom stereocenters. The van der Waals surface area contributed by atoms with Crippen molar-refractivity contribution >= 4 is 38.7 Å². The zero-order valence-corrected chi connectivity index (χ0v) is 13.6. The van der Waals surface area contributed by atoms with Crippen LogP contribution in [0.2, 0.25) is 0 Å². The molecule has 23 heavy (non-hydrogen) atoms. The molecule has 118 valence electrons. The lowest BCUT2D eigenvalue weighted by Gasteiger charge is -2.05. The molecule has 0 unspecified atom stereocenters. The van der Waals surface area contributed by atoms with Gasteiger partial charge in [-0.15, -0.1) is 0 Å². The van der Waals surface area contributed by atoms with Gasteiger partial charge in [-0.1, -0.05) is 17.4 Å². The first-order valence-corrected chi connectivity index (χ1v) is 7.66. The summed E-state index contributed by atoms with van der Waals surface area (Å²) in [4.78, 5) is 26.9. The van der Waals surface area contributed by atoms with E-state index in [0.29, 0.717) is 15.5 Å². The Kier molecular flexibility index (Phi) is 3.61. The highest BCUT2D eigenvalue weighted by Crippen LogP contribution is 2.31. The predicted molar refractivity (Wildman–Crippen MR) is 87.5 cm³/mol. The monoisotopic (exact) mass is 330 g/mol. The summed E-state index contributed by atoms with van der Waals surface area (Å²) in [5, 5.41) is 16.4. The van der Waals surface area contributed by atoms with Crippen molar-refractivity contribution < 1.29 is 14.7 Å². The summed E-state index contributed by atoms with van der Waals surface area (Å²) in [5.74, 6) is -1.39. The highest BCUT2D eigenvalue weighted by Gasteiger charge is 2.22. The molecule has 2 heterocycles. The van der Waals surface area contributed by atoms with E-state index in [1.165, 1.54) is 11.6 Å². The fourth-order valence-corrected chi connectivity index (χ4v) is 3.15. The van der Waals surface area contributed by atoms with Crippen LogP contribution in [-0.4, -0.2) is 31.7 Å². The number of aromatic carboxylic acids is 1. The summed E-state index contributed by atoms with van der Waals surface area (Å²) in [7, 11) is 0. The van der Waals surface area contributed by atoms with Crippen molar-refractivity contribution in [2.75, 3.05) is 5.32 Å². The molecule has 0 saturated carbocycles. The van der Waals surface area contributed by atoms with Gasteiger partial charge in [0, 0.05) is 6.92 Å². The quantitative estimate of drug-likeness (QED) is 0.769. The van der Waals surface area contributed by atoms with Crippen LogP contribution in [0.4, 0.5) is 5.13 Å². The van der Waals surface area contributed by atoms with Crippen LogP contribution in [0.3, 0.4) is 0 Å². The first kappa shape index (κ1) is 15.2. The maximum atomic E-state index is 11.4. The van der Waals surface area contributed by atoms with Gasteiger partial charge >= 0.3 is 5.97 Å². The second kappa shape index (κ2) is 5.47. The van der Waals surface area contributed by atoms with Crippen LogP contribution in [0.5, 0.6) is 0 Å². The summed E-state index contributed by atoms with van der Waals surface area (Å²) in [6.07, 6.45) is 0. The van der Waals surface area contributed by atoms with E-state index in [2.05, 4.69) is 15.4 Å². The van der Waals surface area contributed by atoms with Gasteiger partial charge in [-0.05, 0) is 37.1 Å². The number of fused-ring (bicyclic) bond motifs is 1. The molecule has 0 aliphatic carbocycles. The zero-order valence-electron chi connectivity index (χ0n) is 12.7. The van der Waals surface area contributed by atoms with Gasteiger partial charge in [-0.25, -0.2) is 9.48 Å². The average Bonchev–Trinajstić information content (AvgIpc) is 2.99. The molecule has 1 amide bonds. The summed E-state index contributed by atoms with van der Waals surface area (Å²) in [5.41, 5.74) is 3.27. The number of rotatable bonds is 3. The van der Waals surface area contributed by atoms with E-state index in [1.54, 1.807) is 0 Å². The fourth-order valence-electron chi connectivity index (χ4n) is 2.18. The highest BCUT2D eigenvalue weighted by atomic mass is 32.1. The van der Waals surface area contributed by atoms with Gasteiger partial charge in [0.25, 0.3) is 0 Å². The van der Waals surface area contributed by atoms with Gasteiger partial charge in [0.05, 0.1) is 5.69 Å². The number of carboxylic acid groups (broad SMARTS) is 1. The van der Waals surface area contributed by atoms with Crippen LogP contribution in [-0.2, 0) is 4.79 Å². The minimum absolute atomic E-state index is 0.0765. The predicted octanol–water partition coefficient (Wildman–Crippen LogP) is 2.76. The third-order valence-corrected chi connectivity index (χ3v) is 4.41. The first-order chi connectivity index (χ1) is 10.9. The smallest absolute Gasteiger partial charge is 0.358 e. The van der Waals surface area contributed by atoms with E-state index >= 15 is 0 Å². The molecule has 0 aliphatic heterocycles. The lowest BCUT2D eigenvalue weighted by molar-refractivity contribution is -0.114. The Hall–Kier alpha value is -2.74. The van der Waals surface area contributed by atoms with Crippen LogP contribution in [0.15, 0.2) is 18.2 Å².